The van der Waals surface area contributed by atoms with Crippen LogP contribution >= 0.6 is 50.6 Å². The number of carbonyl (C=O) groups is 1. The second-order valence-corrected chi connectivity index (χ2v) is 10.6. The molecule has 0 spiro atoms. The van der Waals surface area contributed by atoms with Crippen LogP contribution in [-0.2, 0) is 24.2 Å². The largest absolute Gasteiger partial charge is 0.324 e. The Kier molecular flexibility index (Phi) is 6.87. The van der Waals surface area contributed by atoms with Crippen molar-refractivity contribution in [1.29, 1.82) is 0 Å². The molecule has 0 fully saturated rings. The monoisotopic (exact) mass is 524 g/mol. The lowest BCUT2D eigenvalue weighted by Gasteiger charge is -2.19. The van der Waals surface area contributed by atoms with E-state index in [9.17, 15) is 4.79 Å². The van der Waals surface area contributed by atoms with Crippen molar-refractivity contribution in [2.75, 3.05) is 11.1 Å². The lowest BCUT2D eigenvalue weighted by Crippen LogP contribution is -2.15. The van der Waals surface area contributed by atoms with Crippen molar-refractivity contribution in [1.82, 2.24) is 14.8 Å². The zero-order valence-corrected chi connectivity index (χ0v) is 20.7. The van der Waals surface area contributed by atoms with Gasteiger partial charge in [0.15, 0.2) is 11.0 Å². The zero-order chi connectivity index (χ0) is 21.3. The van der Waals surface area contributed by atoms with E-state index in [-0.39, 0.29) is 11.7 Å². The molecule has 9 heteroatoms. The van der Waals surface area contributed by atoms with E-state index in [2.05, 4.69) is 55.2 Å². The average molecular weight is 526 g/mol. The van der Waals surface area contributed by atoms with Gasteiger partial charge >= 0.3 is 0 Å². The van der Waals surface area contributed by atoms with E-state index in [1.165, 1.54) is 34.2 Å². The maximum Gasteiger partial charge on any atom is 0.234 e. The second-order valence-electron chi connectivity index (χ2n) is 7.41. The maximum atomic E-state index is 12.4. The first-order valence-corrected chi connectivity index (χ1v) is 12.9. The highest BCUT2D eigenvalue weighted by Gasteiger charge is 2.24. The summed E-state index contributed by atoms with van der Waals surface area (Å²) in [4.78, 5) is 13.9. The molecule has 158 valence electrons. The second kappa shape index (κ2) is 9.42. The molecule has 2 aromatic heterocycles. The minimum Gasteiger partial charge on any atom is -0.324 e. The van der Waals surface area contributed by atoms with Gasteiger partial charge in [-0.1, -0.05) is 46.2 Å². The maximum absolute atomic E-state index is 12.4. The van der Waals surface area contributed by atoms with Crippen LogP contribution in [0.1, 0.15) is 30.7 Å². The molecule has 2 heterocycles. The van der Waals surface area contributed by atoms with Crippen LogP contribution in [0.3, 0.4) is 0 Å². The molecule has 1 aromatic carbocycles. The highest BCUT2D eigenvalue weighted by molar-refractivity contribution is 9.10. The quantitative estimate of drug-likeness (QED) is 0.384. The van der Waals surface area contributed by atoms with Gasteiger partial charge in [-0.15, -0.1) is 21.5 Å². The molecule has 0 saturated heterocycles. The molecule has 1 N–H and O–H groups in total. The van der Waals surface area contributed by atoms with Gasteiger partial charge in [0.1, 0.15) is 0 Å². The van der Waals surface area contributed by atoms with Crippen LogP contribution in [0.2, 0.25) is 5.02 Å². The highest BCUT2D eigenvalue weighted by atomic mass is 79.9. The number of hydrogen-bond acceptors (Lipinski definition) is 5. The summed E-state index contributed by atoms with van der Waals surface area (Å²) in [6.07, 6.45) is 3.47. The minimum absolute atomic E-state index is 0.127. The van der Waals surface area contributed by atoms with Gasteiger partial charge in [0.25, 0.3) is 0 Å². The van der Waals surface area contributed by atoms with Crippen LogP contribution in [-0.4, -0.2) is 26.4 Å². The first-order valence-electron chi connectivity index (χ1n) is 9.86. The number of halogens is 2. The minimum atomic E-state index is -0.127. The summed E-state index contributed by atoms with van der Waals surface area (Å²) in [6.45, 7) is 5.16. The van der Waals surface area contributed by atoms with E-state index in [0.29, 0.717) is 10.7 Å². The lowest BCUT2D eigenvalue weighted by atomic mass is 9.88. The number of anilines is 1. The van der Waals surface area contributed by atoms with Crippen molar-refractivity contribution in [3.05, 3.63) is 43.5 Å². The number of nitrogens with one attached hydrogen (secondary N) is 1. The van der Waals surface area contributed by atoms with Gasteiger partial charge in [-0.05, 0) is 55.9 Å². The molecule has 1 unspecified atom stereocenters. The lowest BCUT2D eigenvalue weighted by molar-refractivity contribution is -0.113. The SMILES string of the molecule is CCn1c(SCC(=O)Nc2ccc(Br)cc2Cl)nnc1-c1csc2c1CCC(C)C2. The number of thioether (sulfide) groups is 1. The molecule has 4 rings (SSSR count). The number of amides is 1. The van der Waals surface area contributed by atoms with Crippen LogP contribution in [0.25, 0.3) is 11.4 Å². The third kappa shape index (κ3) is 4.61. The molecule has 0 bridgehead atoms. The fourth-order valence-electron chi connectivity index (χ4n) is 3.65. The summed E-state index contributed by atoms with van der Waals surface area (Å²) in [7, 11) is 0. The van der Waals surface area contributed by atoms with Crippen LogP contribution < -0.4 is 5.32 Å². The van der Waals surface area contributed by atoms with Gasteiger partial charge < -0.3 is 9.88 Å². The predicted molar refractivity (Wildman–Crippen MR) is 129 cm³/mol. The average Bonchev–Trinajstić information content (AvgIpc) is 3.31. The standard InChI is InChI=1S/C21H22BrClN4OS2/c1-3-27-20(15-10-29-18-8-12(2)4-6-14(15)18)25-26-21(27)30-11-19(28)24-17-7-5-13(22)9-16(17)23/h5,7,9-10,12H,3-4,6,8,11H2,1-2H3,(H,24,28). The van der Waals surface area contributed by atoms with Crippen LogP contribution in [0, 0.1) is 5.92 Å². The molecule has 5 nitrogen and oxygen atoms in total. The summed E-state index contributed by atoms with van der Waals surface area (Å²) in [6, 6.07) is 5.38. The Labute approximate surface area is 197 Å². The van der Waals surface area contributed by atoms with Gasteiger partial charge in [0, 0.05) is 26.8 Å². The third-order valence-electron chi connectivity index (χ3n) is 5.21. The smallest absolute Gasteiger partial charge is 0.234 e. The molecule has 0 radical (unpaired) electrons. The van der Waals surface area contributed by atoms with E-state index in [4.69, 9.17) is 11.6 Å². The van der Waals surface area contributed by atoms with E-state index >= 15 is 0 Å². The Hall–Kier alpha value is -1.35. The van der Waals surface area contributed by atoms with E-state index in [1.54, 1.807) is 12.1 Å². The Morgan fingerprint density at radius 3 is 3.03 bits per heavy atom. The molecule has 3 aromatic rings. The molecule has 30 heavy (non-hydrogen) atoms. The Bertz CT molecular complexity index is 1080. The van der Waals surface area contributed by atoms with E-state index in [1.807, 2.05) is 17.4 Å². The third-order valence-corrected chi connectivity index (χ3v) is 8.04. The molecular weight excluding hydrogens is 504 g/mol. The van der Waals surface area contributed by atoms with Crippen molar-refractivity contribution in [2.24, 2.45) is 5.92 Å². The van der Waals surface area contributed by atoms with Gasteiger partial charge in [-0.25, -0.2) is 0 Å². The van der Waals surface area contributed by atoms with Crippen molar-refractivity contribution in [3.63, 3.8) is 0 Å². The van der Waals surface area contributed by atoms with E-state index in [0.717, 1.165) is 40.8 Å². The number of aromatic nitrogens is 3. The van der Waals surface area contributed by atoms with Gasteiger partial charge in [-0.3, -0.25) is 4.79 Å². The molecule has 0 aliphatic heterocycles. The topological polar surface area (TPSA) is 59.8 Å². The number of hydrogen-bond donors (Lipinski definition) is 1. The number of carbonyl (C=O) groups excluding carboxylic acids is 1. The zero-order valence-electron chi connectivity index (χ0n) is 16.7. The summed E-state index contributed by atoms with van der Waals surface area (Å²) in [5, 5.41) is 15.2. The number of fused-ring (bicyclic) bond motifs is 1. The Balaban J connectivity index is 1.47. The highest BCUT2D eigenvalue weighted by Crippen LogP contribution is 2.38. The summed E-state index contributed by atoms with van der Waals surface area (Å²) in [5.41, 5.74) is 3.23. The number of benzene rings is 1. The summed E-state index contributed by atoms with van der Waals surface area (Å²) < 4.78 is 2.97. The fraction of sp³-hybridized carbons (Fsp3) is 0.381. The van der Waals surface area contributed by atoms with Gasteiger partial charge in [-0.2, -0.15) is 0 Å². The molecule has 1 atom stereocenters. The van der Waals surface area contributed by atoms with Gasteiger partial charge in [0.05, 0.1) is 16.5 Å². The molecular formula is C21H22BrClN4OS2. The van der Waals surface area contributed by atoms with Crippen molar-refractivity contribution >= 4 is 62.2 Å². The number of thiophene rings is 1. The molecule has 1 amide bonds. The van der Waals surface area contributed by atoms with Gasteiger partial charge in [0.2, 0.25) is 5.91 Å². The van der Waals surface area contributed by atoms with Crippen molar-refractivity contribution in [3.8, 4) is 11.4 Å². The summed E-state index contributed by atoms with van der Waals surface area (Å²) >= 11 is 12.8. The normalized spacial score (nSPS) is 15.8. The molecule has 0 saturated carbocycles. The van der Waals surface area contributed by atoms with Crippen LogP contribution in [0.5, 0.6) is 0 Å². The van der Waals surface area contributed by atoms with Crippen molar-refractivity contribution in [2.45, 2.75) is 44.8 Å². The fourth-order valence-corrected chi connectivity index (χ4v) is 6.42. The first-order chi connectivity index (χ1) is 14.5. The molecule has 1 aliphatic carbocycles. The Morgan fingerprint density at radius 2 is 2.27 bits per heavy atom. The summed E-state index contributed by atoms with van der Waals surface area (Å²) in [5.74, 6) is 1.77. The van der Waals surface area contributed by atoms with Crippen molar-refractivity contribution < 1.29 is 4.79 Å². The number of rotatable bonds is 6. The van der Waals surface area contributed by atoms with Crippen LogP contribution in [0.4, 0.5) is 5.69 Å². The number of nitrogens with zero attached hydrogens (tertiary/aromatic N) is 3. The predicted octanol–water partition coefficient (Wildman–Crippen LogP) is 6.30. The Morgan fingerprint density at radius 1 is 1.43 bits per heavy atom. The van der Waals surface area contributed by atoms with E-state index < -0.39 is 0 Å². The first kappa shape index (κ1) is 21.9. The van der Waals surface area contributed by atoms with Crippen LogP contribution in [0.15, 0.2) is 33.2 Å². The molecule has 1 aliphatic rings.